The van der Waals surface area contributed by atoms with Crippen LogP contribution in [0.15, 0.2) is 0 Å². The van der Waals surface area contributed by atoms with E-state index in [1.165, 1.54) is 0 Å². The SMILES string of the molecule is COCC(C)C(C#N)NCC(C)C. The van der Waals surface area contributed by atoms with E-state index in [-0.39, 0.29) is 12.0 Å². The fraction of sp³-hybridized carbons (Fsp3) is 0.900. The maximum absolute atomic E-state index is 8.87. The van der Waals surface area contributed by atoms with Crippen molar-refractivity contribution in [2.45, 2.75) is 26.8 Å². The first-order valence-electron chi connectivity index (χ1n) is 4.73. The molecule has 0 heterocycles. The fourth-order valence-corrected chi connectivity index (χ4v) is 1.10. The Morgan fingerprint density at radius 1 is 1.38 bits per heavy atom. The van der Waals surface area contributed by atoms with E-state index in [4.69, 9.17) is 10.00 Å². The molecule has 0 amide bonds. The molecule has 2 atom stereocenters. The molecule has 0 aromatic heterocycles. The highest BCUT2D eigenvalue weighted by atomic mass is 16.5. The lowest BCUT2D eigenvalue weighted by Crippen LogP contribution is -2.37. The molecule has 0 aliphatic rings. The molecule has 0 aliphatic carbocycles. The monoisotopic (exact) mass is 184 g/mol. The Kier molecular flexibility index (Phi) is 6.56. The summed E-state index contributed by atoms with van der Waals surface area (Å²) in [6.07, 6.45) is 0. The minimum atomic E-state index is -0.0950. The first kappa shape index (κ1) is 12.4. The predicted molar refractivity (Wildman–Crippen MR) is 53.3 cm³/mol. The Bertz CT molecular complexity index is 163. The van der Waals surface area contributed by atoms with Crippen LogP contribution in [0.5, 0.6) is 0 Å². The Balaban J connectivity index is 3.82. The van der Waals surface area contributed by atoms with Crippen LogP contribution in [0.25, 0.3) is 0 Å². The second-order valence-corrected chi connectivity index (χ2v) is 3.84. The second-order valence-electron chi connectivity index (χ2n) is 3.84. The number of rotatable bonds is 6. The third-order valence-electron chi connectivity index (χ3n) is 1.88. The second kappa shape index (κ2) is 6.88. The summed E-state index contributed by atoms with van der Waals surface area (Å²) in [5.41, 5.74) is 0. The van der Waals surface area contributed by atoms with Crippen LogP contribution < -0.4 is 5.32 Å². The zero-order valence-corrected chi connectivity index (χ0v) is 9.00. The van der Waals surface area contributed by atoms with Gasteiger partial charge in [-0.1, -0.05) is 20.8 Å². The lowest BCUT2D eigenvalue weighted by molar-refractivity contribution is 0.148. The average Bonchev–Trinajstić information content (AvgIpc) is 2.05. The van der Waals surface area contributed by atoms with E-state index >= 15 is 0 Å². The van der Waals surface area contributed by atoms with Crippen molar-refractivity contribution in [3.63, 3.8) is 0 Å². The molecule has 0 rings (SSSR count). The molecule has 3 nitrogen and oxygen atoms in total. The molecule has 0 saturated carbocycles. The van der Waals surface area contributed by atoms with Gasteiger partial charge in [-0.3, -0.25) is 0 Å². The molecular formula is C10H20N2O. The summed E-state index contributed by atoms with van der Waals surface area (Å²) in [5.74, 6) is 0.819. The standard InChI is InChI=1S/C10H20N2O/c1-8(2)6-12-10(5-11)9(3)7-13-4/h8-10,12H,6-7H2,1-4H3. The van der Waals surface area contributed by atoms with E-state index < -0.39 is 0 Å². The Hall–Kier alpha value is -0.590. The molecule has 0 aromatic carbocycles. The Morgan fingerprint density at radius 2 is 2.00 bits per heavy atom. The molecule has 0 fully saturated rings. The van der Waals surface area contributed by atoms with Gasteiger partial charge in [0, 0.05) is 13.0 Å². The van der Waals surface area contributed by atoms with Gasteiger partial charge in [0.15, 0.2) is 0 Å². The molecule has 0 spiro atoms. The molecular weight excluding hydrogens is 164 g/mol. The van der Waals surface area contributed by atoms with Crippen molar-refractivity contribution in [2.75, 3.05) is 20.3 Å². The number of hydrogen-bond donors (Lipinski definition) is 1. The van der Waals surface area contributed by atoms with Gasteiger partial charge in [-0.25, -0.2) is 0 Å². The van der Waals surface area contributed by atoms with Gasteiger partial charge in [0.25, 0.3) is 0 Å². The van der Waals surface area contributed by atoms with Crippen LogP contribution in [0.3, 0.4) is 0 Å². The molecule has 13 heavy (non-hydrogen) atoms. The van der Waals surface area contributed by atoms with Gasteiger partial charge in [-0.2, -0.15) is 5.26 Å². The summed E-state index contributed by atoms with van der Waals surface area (Å²) < 4.78 is 5.00. The summed E-state index contributed by atoms with van der Waals surface area (Å²) in [6, 6.07) is 2.16. The minimum Gasteiger partial charge on any atom is -0.384 e. The van der Waals surface area contributed by atoms with Crippen molar-refractivity contribution in [2.24, 2.45) is 11.8 Å². The summed E-state index contributed by atoms with van der Waals surface area (Å²) in [6.45, 7) is 7.78. The Morgan fingerprint density at radius 3 is 2.38 bits per heavy atom. The van der Waals surface area contributed by atoms with Crippen LogP contribution in [-0.2, 0) is 4.74 Å². The molecule has 0 bridgehead atoms. The van der Waals surface area contributed by atoms with Gasteiger partial charge in [-0.15, -0.1) is 0 Å². The topological polar surface area (TPSA) is 45.0 Å². The number of nitrogens with zero attached hydrogens (tertiary/aromatic N) is 1. The highest BCUT2D eigenvalue weighted by molar-refractivity contribution is 4.93. The predicted octanol–water partition coefficient (Wildman–Crippen LogP) is 1.41. The maximum Gasteiger partial charge on any atom is 0.100 e. The number of nitriles is 1. The number of nitrogens with one attached hydrogen (secondary N) is 1. The van der Waals surface area contributed by atoms with E-state index in [2.05, 4.69) is 25.2 Å². The van der Waals surface area contributed by atoms with E-state index in [0.29, 0.717) is 12.5 Å². The lowest BCUT2D eigenvalue weighted by atomic mass is 10.0. The number of hydrogen-bond acceptors (Lipinski definition) is 3. The number of methoxy groups -OCH3 is 1. The van der Waals surface area contributed by atoms with Crippen molar-refractivity contribution in [3.05, 3.63) is 0 Å². The van der Waals surface area contributed by atoms with E-state index in [9.17, 15) is 0 Å². The molecule has 0 radical (unpaired) electrons. The van der Waals surface area contributed by atoms with Crippen molar-refractivity contribution in [1.29, 1.82) is 5.26 Å². The zero-order chi connectivity index (χ0) is 10.3. The van der Waals surface area contributed by atoms with Gasteiger partial charge >= 0.3 is 0 Å². The lowest BCUT2D eigenvalue weighted by Gasteiger charge is -2.19. The zero-order valence-electron chi connectivity index (χ0n) is 9.00. The Labute approximate surface area is 81.1 Å². The summed E-state index contributed by atoms with van der Waals surface area (Å²) in [5, 5.41) is 12.1. The first-order chi connectivity index (χ1) is 6.11. The maximum atomic E-state index is 8.87. The van der Waals surface area contributed by atoms with Crippen molar-refractivity contribution in [1.82, 2.24) is 5.32 Å². The van der Waals surface area contributed by atoms with Crippen LogP contribution >= 0.6 is 0 Å². The molecule has 0 saturated heterocycles. The van der Waals surface area contributed by atoms with Gasteiger partial charge < -0.3 is 10.1 Å². The molecule has 1 N–H and O–H groups in total. The summed E-state index contributed by atoms with van der Waals surface area (Å²) in [4.78, 5) is 0. The third-order valence-corrected chi connectivity index (χ3v) is 1.88. The van der Waals surface area contributed by atoms with E-state index in [0.717, 1.165) is 6.54 Å². The molecule has 0 aliphatic heterocycles. The van der Waals surface area contributed by atoms with E-state index in [1.807, 2.05) is 6.92 Å². The van der Waals surface area contributed by atoms with Crippen molar-refractivity contribution < 1.29 is 4.74 Å². The largest absolute Gasteiger partial charge is 0.384 e. The third kappa shape index (κ3) is 5.62. The van der Waals surface area contributed by atoms with Gasteiger partial charge in [0.2, 0.25) is 0 Å². The first-order valence-corrected chi connectivity index (χ1v) is 4.73. The van der Waals surface area contributed by atoms with Crippen LogP contribution in [0.1, 0.15) is 20.8 Å². The summed E-state index contributed by atoms with van der Waals surface area (Å²) in [7, 11) is 1.66. The average molecular weight is 184 g/mol. The van der Waals surface area contributed by atoms with Crippen LogP contribution in [0.2, 0.25) is 0 Å². The number of ether oxygens (including phenoxy) is 1. The van der Waals surface area contributed by atoms with Crippen LogP contribution in [-0.4, -0.2) is 26.3 Å². The fourth-order valence-electron chi connectivity index (χ4n) is 1.10. The van der Waals surface area contributed by atoms with Crippen molar-refractivity contribution in [3.8, 4) is 6.07 Å². The quantitative estimate of drug-likeness (QED) is 0.678. The molecule has 76 valence electrons. The summed E-state index contributed by atoms with van der Waals surface area (Å²) >= 11 is 0. The van der Waals surface area contributed by atoms with E-state index in [1.54, 1.807) is 7.11 Å². The highest BCUT2D eigenvalue weighted by Gasteiger charge is 2.15. The molecule has 0 aromatic rings. The van der Waals surface area contributed by atoms with Crippen LogP contribution in [0, 0.1) is 23.2 Å². The molecule has 3 heteroatoms. The smallest absolute Gasteiger partial charge is 0.100 e. The molecule has 2 unspecified atom stereocenters. The highest BCUT2D eigenvalue weighted by Crippen LogP contribution is 2.03. The van der Waals surface area contributed by atoms with Crippen molar-refractivity contribution >= 4 is 0 Å². The normalized spacial score (nSPS) is 15.4. The minimum absolute atomic E-state index is 0.0950. The van der Waals surface area contributed by atoms with Crippen LogP contribution in [0.4, 0.5) is 0 Å². The van der Waals surface area contributed by atoms with Gasteiger partial charge in [0.1, 0.15) is 6.04 Å². The van der Waals surface area contributed by atoms with Gasteiger partial charge in [0.05, 0.1) is 12.7 Å². The van der Waals surface area contributed by atoms with Gasteiger partial charge in [-0.05, 0) is 12.5 Å².